The van der Waals surface area contributed by atoms with E-state index in [4.69, 9.17) is 0 Å². The number of benzene rings is 11. The number of fused-ring (bicyclic) bond motifs is 10. The van der Waals surface area contributed by atoms with Crippen molar-refractivity contribution in [3.8, 4) is 33.4 Å². The van der Waals surface area contributed by atoms with E-state index in [9.17, 15) is 0 Å². The van der Waals surface area contributed by atoms with Gasteiger partial charge in [-0.2, -0.15) is 0 Å². The summed E-state index contributed by atoms with van der Waals surface area (Å²) in [6, 6.07) is 88.8. The molecule has 0 N–H and O–H groups in total. The van der Waals surface area contributed by atoms with Crippen LogP contribution in [0.4, 0.5) is 17.1 Å². The number of aryl methyl sites for hydroxylation is 1. The lowest BCUT2D eigenvalue weighted by atomic mass is 9.67. The van der Waals surface area contributed by atoms with Gasteiger partial charge in [0.15, 0.2) is 0 Å². The highest BCUT2D eigenvalue weighted by Gasteiger charge is 2.47. The first-order chi connectivity index (χ1) is 32.8. The van der Waals surface area contributed by atoms with Gasteiger partial charge in [0.05, 0.1) is 11.1 Å². The fourth-order valence-corrected chi connectivity index (χ4v) is 11.8. The quantitative estimate of drug-likeness (QED) is 0.145. The van der Waals surface area contributed by atoms with E-state index in [2.05, 4.69) is 241 Å². The Kier molecular flexibility index (Phi) is 9.10. The summed E-state index contributed by atoms with van der Waals surface area (Å²) in [6.45, 7) is 0. The van der Waals surface area contributed by atoms with Gasteiger partial charge < -0.3 is 4.90 Å². The Morgan fingerprint density at radius 3 is 1.52 bits per heavy atom. The Morgan fingerprint density at radius 2 is 0.848 bits per heavy atom. The molecule has 11 aromatic rings. The van der Waals surface area contributed by atoms with E-state index in [0.29, 0.717) is 0 Å². The zero-order chi connectivity index (χ0) is 43.6. The van der Waals surface area contributed by atoms with Gasteiger partial charge in [-0.05, 0) is 156 Å². The minimum absolute atomic E-state index is 0.557. The van der Waals surface area contributed by atoms with Crippen molar-refractivity contribution >= 4 is 49.4 Å². The molecule has 0 saturated carbocycles. The average molecular weight is 842 g/mol. The summed E-state index contributed by atoms with van der Waals surface area (Å²) in [5.41, 5.74) is 18.5. The molecule has 0 radical (unpaired) electrons. The third-order valence-corrected chi connectivity index (χ3v) is 14.7. The molecule has 0 atom stereocenters. The Morgan fingerprint density at radius 1 is 0.318 bits per heavy atom. The number of hydrogen-bond donors (Lipinski definition) is 0. The van der Waals surface area contributed by atoms with Crippen molar-refractivity contribution in [1.82, 2.24) is 0 Å². The minimum atomic E-state index is -0.557. The molecule has 13 rings (SSSR count). The van der Waals surface area contributed by atoms with Crippen LogP contribution in [-0.4, -0.2) is 0 Å². The first-order valence-corrected chi connectivity index (χ1v) is 23.6. The minimum Gasteiger partial charge on any atom is -0.310 e. The van der Waals surface area contributed by atoms with E-state index in [-0.39, 0.29) is 0 Å². The molecule has 1 heteroatoms. The number of hydrogen-bond acceptors (Lipinski definition) is 1. The van der Waals surface area contributed by atoms with E-state index in [1.54, 1.807) is 0 Å². The summed E-state index contributed by atoms with van der Waals surface area (Å²) in [5, 5.41) is 7.60. The van der Waals surface area contributed by atoms with Gasteiger partial charge in [0.2, 0.25) is 0 Å². The second-order valence-corrected chi connectivity index (χ2v) is 18.2. The SMILES string of the molecule is c1ccc(N(c2ccc3c4ccccc4c4ccccc4c3c2)c2cc3c(cc2-c2ccc(-c4cccc5c4CCCC5)cc2)-c2ccccc2C3(c2ccccc2)c2ccccc2)cc1. The number of para-hydroxylation sites is 1. The highest BCUT2D eigenvalue weighted by Crippen LogP contribution is 2.59. The van der Waals surface area contributed by atoms with E-state index in [0.717, 1.165) is 23.5 Å². The standard InChI is InChI=1S/C65H47N/c1-4-21-47(22-5-1)65(48-23-6-2-7-24-48)62-34-17-16-32-58(62)61-42-59(46-37-35-45(36-38-46)52-33-18-20-44-19-10-11-27-51(44)52)64(43-63(61)65)66(49-25-8-3-9-26-49)50-39-40-57-55-30-13-12-28-53(55)54-29-14-15-31-56(54)60(57)41-50/h1-9,12-18,20-26,28-43H,10-11,19,27H2. The summed E-state index contributed by atoms with van der Waals surface area (Å²) in [6.07, 6.45) is 4.85. The molecule has 2 aliphatic carbocycles. The van der Waals surface area contributed by atoms with Crippen LogP contribution >= 0.6 is 0 Å². The van der Waals surface area contributed by atoms with Crippen molar-refractivity contribution < 1.29 is 0 Å². The highest BCUT2D eigenvalue weighted by atomic mass is 15.1. The van der Waals surface area contributed by atoms with E-state index in [1.807, 2.05) is 0 Å². The largest absolute Gasteiger partial charge is 0.310 e. The summed E-state index contributed by atoms with van der Waals surface area (Å²) >= 11 is 0. The summed E-state index contributed by atoms with van der Waals surface area (Å²) in [5.74, 6) is 0. The van der Waals surface area contributed by atoms with Crippen molar-refractivity contribution in [3.05, 3.63) is 270 Å². The van der Waals surface area contributed by atoms with Crippen molar-refractivity contribution in [2.24, 2.45) is 0 Å². The smallest absolute Gasteiger partial charge is 0.0714 e. The van der Waals surface area contributed by atoms with Crippen LogP contribution in [0.5, 0.6) is 0 Å². The first-order valence-electron chi connectivity index (χ1n) is 23.6. The van der Waals surface area contributed by atoms with Crippen LogP contribution < -0.4 is 4.90 Å². The Labute approximate surface area is 386 Å². The van der Waals surface area contributed by atoms with E-state index >= 15 is 0 Å². The molecule has 66 heavy (non-hydrogen) atoms. The molecule has 0 saturated heterocycles. The van der Waals surface area contributed by atoms with E-state index in [1.165, 1.54) is 118 Å². The number of rotatable bonds is 7. The van der Waals surface area contributed by atoms with Crippen molar-refractivity contribution in [2.75, 3.05) is 4.90 Å². The second kappa shape index (κ2) is 15.6. The summed E-state index contributed by atoms with van der Waals surface area (Å²) in [7, 11) is 0. The zero-order valence-corrected chi connectivity index (χ0v) is 36.8. The Hall–Kier alpha value is -8.00. The zero-order valence-electron chi connectivity index (χ0n) is 36.8. The van der Waals surface area contributed by atoms with Gasteiger partial charge in [0, 0.05) is 16.9 Å². The van der Waals surface area contributed by atoms with Crippen molar-refractivity contribution in [3.63, 3.8) is 0 Å². The normalized spacial score (nSPS) is 13.6. The van der Waals surface area contributed by atoms with Crippen LogP contribution in [0, 0.1) is 0 Å². The maximum atomic E-state index is 2.54. The molecule has 0 amide bonds. The van der Waals surface area contributed by atoms with Gasteiger partial charge in [0.1, 0.15) is 0 Å². The molecule has 2 aliphatic rings. The summed E-state index contributed by atoms with van der Waals surface area (Å²) in [4.78, 5) is 2.52. The molecule has 0 bridgehead atoms. The molecule has 0 heterocycles. The predicted octanol–water partition coefficient (Wildman–Crippen LogP) is 17.2. The lowest BCUT2D eigenvalue weighted by Gasteiger charge is -2.35. The molecule has 0 aromatic heterocycles. The lowest BCUT2D eigenvalue weighted by molar-refractivity contribution is 0.687. The third kappa shape index (κ3) is 5.93. The fourth-order valence-electron chi connectivity index (χ4n) is 11.8. The van der Waals surface area contributed by atoms with E-state index < -0.39 is 5.41 Å². The van der Waals surface area contributed by atoms with Crippen LogP contribution in [0.25, 0.3) is 65.7 Å². The van der Waals surface area contributed by atoms with Crippen LogP contribution in [0.2, 0.25) is 0 Å². The maximum absolute atomic E-state index is 2.54. The average Bonchev–Trinajstić information content (AvgIpc) is 3.69. The highest BCUT2D eigenvalue weighted by molar-refractivity contribution is 6.26. The number of nitrogens with zero attached hydrogens (tertiary/aromatic N) is 1. The van der Waals surface area contributed by atoms with Crippen molar-refractivity contribution in [1.29, 1.82) is 0 Å². The van der Waals surface area contributed by atoms with Gasteiger partial charge in [0.25, 0.3) is 0 Å². The molecule has 0 unspecified atom stereocenters. The lowest BCUT2D eigenvalue weighted by Crippen LogP contribution is -2.28. The first kappa shape index (κ1) is 38.5. The molecule has 312 valence electrons. The topological polar surface area (TPSA) is 3.24 Å². The molecule has 0 fully saturated rings. The van der Waals surface area contributed by atoms with Gasteiger partial charge in [-0.1, -0.05) is 200 Å². The van der Waals surface area contributed by atoms with Gasteiger partial charge in [-0.25, -0.2) is 0 Å². The van der Waals surface area contributed by atoms with Crippen LogP contribution in [0.3, 0.4) is 0 Å². The maximum Gasteiger partial charge on any atom is 0.0714 e. The van der Waals surface area contributed by atoms with Gasteiger partial charge in [-0.15, -0.1) is 0 Å². The van der Waals surface area contributed by atoms with Gasteiger partial charge >= 0.3 is 0 Å². The fraction of sp³-hybridized carbons (Fsp3) is 0.0769. The van der Waals surface area contributed by atoms with Crippen LogP contribution in [0.1, 0.15) is 46.2 Å². The monoisotopic (exact) mass is 841 g/mol. The predicted molar refractivity (Wildman–Crippen MR) is 278 cm³/mol. The Bertz CT molecular complexity index is 3550. The van der Waals surface area contributed by atoms with Crippen LogP contribution in [0.15, 0.2) is 237 Å². The van der Waals surface area contributed by atoms with Gasteiger partial charge in [-0.3, -0.25) is 0 Å². The van der Waals surface area contributed by atoms with Crippen molar-refractivity contribution in [2.45, 2.75) is 31.1 Å². The summed E-state index contributed by atoms with van der Waals surface area (Å²) < 4.78 is 0. The Balaban J connectivity index is 1.12. The molecule has 0 aliphatic heterocycles. The molecule has 0 spiro atoms. The molecular weight excluding hydrogens is 795 g/mol. The molecule has 1 nitrogen and oxygen atoms in total. The van der Waals surface area contributed by atoms with Crippen LogP contribution in [-0.2, 0) is 18.3 Å². The third-order valence-electron chi connectivity index (χ3n) is 14.7. The number of anilines is 3. The molecule has 11 aromatic carbocycles. The molecular formula is C65H47N. The second-order valence-electron chi connectivity index (χ2n) is 18.2.